The number of cyclic esters (lactones) is 2. The van der Waals surface area contributed by atoms with Crippen LogP contribution in [0.5, 0.6) is 0 Å². The van der Waals surface area contributed by atoms with Gasteiger partial charge in [0.15, 0.2) is 5.92 Å². The summed E-state index contributed by atoms with van der Waals surface area (Å²) in [6, 6.07) is 1.61. The number of esters is 2. The number of urea groups is 1. The Kier molecular flexibility index (Phi) is 20.6. The van der Waals surface area contributed by atoms with Crippen molar-refractivity contribution in [3.63, 3.8) is 0 Å². The predicted octanol–water partition coefficient (Wildman–Crippen LogP) is 8.38. The third-order valence-corrected chi connectivity index (χ3v) is 13.9. The Morgan fingerprint density at radius 3 is 1.03 bits per heavy atom. The molecule has 0 radical (unpaired) electrons. The van der Waals surface area contributed by atoms with Gasteiger partial charge in [-0.05, 0) is 41.9 Å². The number of nitrogens with zero attached hydrogens (tertiary/aromatic N) is 3. The topological polar surface area (TPSA) is 202 Å². The molecule has 4 fully saturated rings. The maximum Gasteiger partial charge on any atom is 0.332 e. The van der Waals surface area contributed by atoms with E-state index in [0.29, 0.717) is 5.92 Å². The summed E-state index contributed by atoms with van der Waals surface area (Å²) in [6.45, 7) is 39.6. The molecule has 0 bridgehead atoms. The minimum Gasteiger partial charge on any atom is -0.422 e. The van der Waals surface area contributed by atoms with Crippen LogP contribution in [0.25, 0.3) is 0 Å². The van der Waals surface area contributed by atoms with Crippen molar-refractivity contribution in [2.45, 2.75) is 151 Å². The molecule has 63 heavy (non-hydrogen) atoms. The summed E-state index contributed by atoms with van der Waals surface area (Å²) in [4.78, 5) is 108. The van der Waals surface area contributed by atoms with E-state index in [-0.39, 0.29) is 81.8 Å². The van der Waals surface area contributed by atoms with Crippen molar-refractivity contribution >= 4 is 52.9 Å². The molecular formula is C49H81N3O11. The lowest BCUT2D eigenvalue weighted by Gasteiger charge is -2.44. The van der Waals surface area contributed by atoms with Crippen LogP contribution in [-0.4, -0.2) is 82.6 Å². The Balaban J connectivity index is 0.000000776. The molecule has 3 unspecified atom stereocenters. The fourth-order valence-corrected chi connectivity index (χ4v) is 7.49. The number of barbiturate groups is 1. The van der Waals surface area contributed by atoms with Crippen LogP contribution < -0.4 is 0 Å². The van der Waals surface area contributed by atoms with Crippen molar-refractivity contribution < 1.29 is 52.6 Å². The maximum absolute atomic E-state index is 12.1. The van der Waals surface area contributed by atoms with Crippen LogP contribution in [0.15, 0.2) is 0 Å². The fourth-order valence-electron chi connectivity index (χ4n) is 7.49. The SMILES string of the molecule is CC(C)C(C)C#N.CC(C)C1C(=O)C(C)(C)C(C)(C)C1=O.CC(C)C1C(=O)C(C)C(C)(C)C(C)C1=O.CC(C)C1C(=O)N(C)C(=O)N(C)C1=O.CC(C)C1C(=O)OC(C)(C)OC1=O. The number of carbonyl (C=O) groups is 9. The molecule has 2 saturated heterocycles. The van der Waals surface area contributed by atoms with E-state index in [4.69, 9.17) is 14.7 Å². The second-order valence-electron chi connectivity index (χ2n) is 21.4. The predicted molar refractivity (Wildman–Crippen MR) is 240 cm³/mol. The lowest BCUT2D eigenvalue weighted by Crippen LogP contribution is -2.58. The summed E-state index contributed by atoms with van der Waals surface area (Å²) in [5, 5.41) is 8.26. The lowest BCUT2D eigenvalue weighted by atomic mass is 9.57. The van der Waals surface area contributed by atoms with Crippen molar-refractivity contribution in [1.29, 1.82) is 5.26 Å². The first kappa shape index (κ1) is 58.7. The average Bonchev–Trinajstić information content (AvgIpc) is 3.26. The molecule has 0 aromatic carbocycles. The molecule has 14 nitrogen and oxygen atoms in total. The molecule has 4 rings (SSSR count). The Morgan fingerprint density at radius 2 is 0.810 bits per heavy atom. The summed E-state index contributed by atoms with van der Waals surface area (Å²) >= 11 is 0. The normalized spacial score (nSPS) is 25.1. The van der Waals surface area contributed by atoms with Gasteiger partial charge in [-0.3, -0.25) is 48.2 Å². The van der Waals surface area contributed by atoms with Crippen LogP contribution in [-0.2, 0) is 47.8 Å². The molecule has 0 aromatic rings. The van der Waals surface area contributed by atoms with E-state index < -0.39 is 58.2 Å². The van der Waals surface area contributed by atoms with Crippen LogP contribution in [0.4, 0.5) is 4.79 Å². The number of hydrogen-bond acceptors (Lipinski definition) is 12. The van der Waals surface area contributed by atoms with Gasteiger partial charge in [-0.25, -0.2) is 4.79 Å². The van der Waals surface area contributed by atoms with E-state index in [9.17, 15) is 43.2 Å². The standard InChI is InChI=1S/C13H22O2.C12H20O2.C9H14N2O3.C9H14O4.C6H11N/c1-7(2)10-11(14)8(3)13(5,6)9(4)12(10)15;1-7(2)8-9(13)11(3,4)12(5,6)10(8)14;1-5(2)6-7(12)10(3)9(14)11(4)8(6)13;1-5(2)6-7(10)12-9(3,4)13-8(6)11;1-5(2)6(3)4-7/h7-10H,1-6H3;7-8H,1-6H3;5-6H,1-4H3;5-6H,1-4H3;5-6H,1-3H3. The quantitative estimate of drug-likeness (QED) is 0.189. The number of imide groups is 2. The van der Waals surface area contributed by atoms with Gasteiger partial charge in [0.2, 0.25) is 11.8 Å². The third kappa shape index (κ3) is 13.2. The fraction of sp³-hybridized carbons (Fsp3) is 0.796. The molecule has 2 heterocycles. The Bertz CT molecular complexity index is 1690. The zero-order chi connectivity index (χ0) is 50.4. The molecule has 14 heteroatoms. The highest BCUT2D eigenvalue weighted by molar-refractivity contribution is 6.16. The van der Waals surface area contributed by atoms with Gasteiger partial charge >= 0.3 is 18.0 Å². The molecule has 0 aromatic heterocycles. The first-order valence-electron chi connectivity index (χ1n) is 22.3. The summed E-state index contributed by atoms with van der Waals surface area (Å²) in [6.07, 6.45) is 0. The molecule has 2 saturated carbocycles. The van der Waals surface area contributed by atoms with Gasteiger partial charge in [0.05, 0.1) is 17.9 Å². The van der Waals surface area contributed by atoms with Gasteiger partial charge in [0.1, 0.15) is 29.1 Å². The zero-order valence-corrected chi connectivity index (χ0v) is 42.8. The van der Waals surface area contributed by atoms with Crippen molar-refractivity contribution in [2.75, 3.05) is 14.1 Å². The van der Waals surface area contributed by atoms with Crippen LogP contribution >= 0.6 is 0 Å². The Labute approximate surface area is 378 Å². The average molecular weight is 888 g/mol. The summed E-state index contributed by atoms with van der Waals surface area (Å²) in [5.74, 6) is -3.90. The monoisotopic (exact) mass is 888 g/mol. The molecule has 2 aliphatic carbocycles. The first-order chi connectivity index (χ1) is 28.2. The van der Waals surface area contributed by atoms with Crippen molar-refractivity contribution in [3.8, 4) is 6.07 Å². The zero-order valence-electron chi connectivity index (χ0n) is 42.8. The number of nitriles is 1. The smallest absolute Gasteiger partial charge is 0.332 e. The van der Waals surface area contributed by atoms with E-state index in [1.807, 2.05) is 104 Å². The second-order valence-corrected chi connectivity index (χ2v) is 21.4. The Hall–Kier alpha value is -4.28. The van der Waals surface area contributed by atoms with Gasteiger partial charge in [0, 0.05) is 56.5 Å². The largest absolute Gasteiger partial charge is 0.422 e. The lowest BCUT2D eigenvalue weighted by molar-refractivity contribution is -0.242. The Morgan fingerprint density at radius 1 is 0.508 bits per heavy atom. The van der Waals surface area contributed by atoms with Crippen molar-refractivity contribution in [3.05, 3.63) is 0 Å². The molecular weight excluding hydrogens is 807 g/mol. The minimum absolute atomic E-state index is 0.0161. The number of amides is 4. The van der Waals surface area contributed by atoms with E-state index in [1.165, 1.54) is 14.1 Å². The van der Waals surface area contributed by atoms with E-state index in [1.54, 1.807) is 41.5 Å². The second kappa shape index (κ2) is 22.1. The van der Waals surface area contributed by atoms with Crippen LogP contribution in [0.2, 0.25) is 0 Å². The maximum atomic E-state index is 12.1. The number of Topliss-reactive ketones (excluding diaryl/α,β-unsaturated/α-hetero) is 4. The molecule has 2 aliphatic heterocycles. The number of ketones is 4. The van der Waals surface area contributed by atoms with Gasteiger partial charge in [-0.1, -0.05) is 125 Å². The molecule has 3 atom stereocenters. The van der Waals surface area contributed by atoms with Gasteiger partial charge < -0.3 is 9.47 Å². The summed E-state index contributed by atoms with van der Waals surface area (Å²) < 4.78 is 9.87. The highest BCUT2D eigenvalue weighted by Crippen LogP contribution is 2.51. The number of carbonyl (C=O) groups excluding carboxylic acids is 9. The van der Waals surface area contributed by atoms with Crippen molar-refractivity contribution in [2.24, 2.45) is 87.3 Å². The molecule has 0 spiro atoms. The molecule has 4 aliphatic rings. The highest BCUT2D eigenvalue weighted by Gasteiger charge is 2.60. The first-order valence-corrected chi connectivity index (χ1v) is 22.3. The van der Waals surface area contributed by atoms with Crippen LogP contribution in [0, 0.1) is 98.6 Å². The molecule has 4 amide bonds. The summed E-state index contributed by atoms with van der Waals surface area (Å²) in [7, 11) is 2.78. The highest BCUT2D eigenvalue weighted by atomic mass is 16.7. The van der Waals surface area contributed by atoms with Gasteiger partial charge in [0.25, 0.3) is 5.79 Å². The summed E-state index contributed by atoms with van der Waals surface area (Å²) in [5.41, 5.74) is -1.22. The van der Waals surface area contributed by atoms with E-state index >= 15 is 0 Å². The molecule has 0 N–H and O–H groups in total. The minimum atomic E-state index is -1.11. The third-order valence-electron chi connectivity index (χ3n) is 13.9. The van der Waals surface area contributed by atoms with Crippen LogP contribution in [0.3, 0.4) is 0 Å². The van der Waals surface area contributed by atoms with Crippen molar-refractivity contribution in [1.82, 2.24) is 9.80 Å². The number of hydrogen-bond donors (Lipinski definition) is 0. The van der Waals surface area contributed by atoms with E-state index in [0.717, 1.165) is 9.80 Å². The number of ether oxygens (including phenoxy) is 2. The van der Waals surface area contributed by atoms with E-state index in [2.05, 4.69) is 6.07 Å². The number of rotatable bonds is 5. The van der Waals surface area contributed by atoms with Crippen LogP contribution in [0.1, 0.15) is 145 Å². The molecule has 358 valence electrons. The van der Waals surface area contributed by atoms with Gasteiger partial charge in [-0.2, -0.15) is 5.26 Å². The van der Waals surface area contributed by atoms with Gasteiger partial charge in [-0.15, -0.1) is 0 Å².